The molecule has 0 spiro atoms. The summed E-state index contributed by atoms with van der Waals surface area (Å²) < 4.78 is 10.1. The van der Waals surface area contributed by atoms with Crippen molar-refractivity contribution in [3.63, 3.8) is 0 Å². The molecule has 162 valence electrons. The lowest BCUT2D eigenvalue weighted by Crippen LogP contribution is -2.28. The molecule has 5 nitrogen and oxygen atoms in total. The van der Waals surface area contributed by atoms with Crippen LogP contribution in [-0.4, -0.2) is 36.4 Å². The van der Waals surface area contributed by atoms with Gasteiger partial charge >= 0.3 is 11.9 Å². The third-order valence-electron chi connectivity index (χ3n) is 4.20. The van der Waals surface area contributed by atoms with Gasteiger partial charge in [-0.25, -0.2) is 0 Å². The predicted molar refractivity (Wildman–Crippen MR) is 113 cm³/mol. The summed E-state index contributed by atoms with van der Waals surface area (Å²) in [4.78, 5) is 23.1. The topological polar surface area (TPSA) is 72.8 Å². The Morgan fingerprint density at radius 1 is 0.821 bits per heavy atom. The van der Waals surface area contributed by atoms with Crippen molar-refractivity contribution in [1.82, 2.24) is 0 Å². The van der Waals surface area contributed by atoms with Gasteiger partial charge in [-0.3, -0.25) is 9.59 Å². The van der Waals surface area contributed by atoms with Crippen LogP contribution in [0.4, 0.5) is 0 Å². The Labute approximate surface area is 171 Å². The van der Waals surface area contributed by atoms with Crippen molar-refractivity contribution >= 4 is 11.9 Å². The first kappa shape index (κ1) is 26.4. The van der Waals surface area contributed by atoms with Gasteiger partial charge in [0.2, 0.25) is 0 Å². The number of aliphatic hydroxyl groups is 1. The SMILES string of the molecule is CCC/C=C\C/C=C\CCCCCCCC(=O)OC(CO)COC(=O)CCC. The molecule has 1 atom stereocenters. The summed E-state index contributed by atoms with van der Waals surface area (Å²) in [5.74, 6) is -0.676. The molecule has 1 unspecified atom stereocenters. The van der Waals surface area contributed by atoms with Gasteiger partial charge in [0.05, 0.1) is 6.61 Å². The van der Waals surface area contributed by atoms with Gasteiger partial charge < -0.3 is 14.6 Å². The molecule has 0 rings (SSSR count). The van der Waals surface area contributed by atoms with Crippen LogP contribution in [0.2, 0.25) is 0 Å². The van der Waals surface area contributed by atoms with Crippen molar-refractivity contribution in [2.24, 2.45) is 0 Å². The molecule has 0 aromatic heterocycles. The minimum atomic E-state index is -0.767. The van der Waals surface area contributed by atoms with Crippen LogP contribution >= 0.6 is 0 Å². The van der Waals surface area contributed by atoms with Crippen molar-refractivity contribution in [2.45, 2.75) is 97.0 Å². The monoisotopic (exact) mass is 396 g/mol. The van der Waals surface area contributed by atoms with Gasteiger partial charge in [0.1, 0.15) is 6.61 Å². The second kappa shape index (κ2) is 20.1. The third kappa shape index (κ3) is 17.8. The molecule has 5 heteroatoms. The Balaban J connectivity index is 3.60. The molecule has 0 saturated carbocycles. The number of carbonyl (C=O) groups is 2. The second-order valence-electron chi connectivity index (χ2n) is 7.00. The number of rotatable bonds is 18. The molecule has 0 aromatic rings. The number of hydrogen-bond donors (Lipinski definition) is 1. The van der Waals surface area contributed by atoms with E-state index in [1.807, 2.05) is 6.92 Å². The van der Waals surface area contributed by atoms with E-state index in [4.69, 9.17) is 9.47 Å². The first-order valence-electron chi connectivity index (χ1n) is 10.9. The molecule has 0 aliphatic rings. The van der Waals surface area contributed by atoms with E-state index >= 15 is 0 Å². The van der Waals surface area contributed by atoms with E-state index in [1.54, 1.807) is 0 Å². The van der Waals surface area contributed by atoms with Crippen LogP contribution in [0.5, 0.6) is 0 Å². The number of allylic oxidation sites excluding steroid dienone is 4. The molecule has 0 aromatic carbocycles. The number of esters is 2. The predicted octanol–water partition coefficient (Wildman–Crippen LogP) is 5.27. The van der Waals surface area contributed by atoms with E-state index in [0.717, 1.165) is 44.9 Å². The van der Waals surface area contributed by atoms with Crippen LogP contribution in [-0.2, 0) is 19.1 Å². The summed E-state index contributed by atoms with van der Waals surface area (Å²) in [7, 11) is 0. The number of carbonyl (C=O) groups excluding carboxylic acids is 2. The van der Waals surface area contributed by atoms with E-state index in [1.165, 1.54) is 12.8 Å². The summed E-state index contributed by atoms with van der Waals surface area (Å²) in [6.45, 7) is 3.65. The molecule has 0 fully saturated rings. The van der Waals surface area contributed by atoms with Gasteiger partial charge in [0, 0.05) is 12.8 Å². The summed E-state index contributed by atoms with van der Waals surface area (Å²) >= 11 is 0. The summed E-state index contributed by atoms with van der Waals surface area (Å²) in [6.07, 6.45) is 19.2. The molecule has 0 heterocycles. The van der Waals surface area contributed by atoms with Crippen LogP contribution in [0.15, 0.2) is 24.3 Å². The zero-order chi connectivity index (χ0) is 20.9. The first-order valence-corrected chi connectivity index (χ1v) is 10.9. The zero-order valence-corrected chi connectivity index (χ0v) is 17.9. The summed E-state index contributed by atoms with van der Waals surface area (Å²) in [5, 5.41) is 9.22. The van der Waals surface area contributed by atoms with Crippen LogP contribution in [0.3, 0.4) is 0 Å². The largest absolute Gasteiger partial charge is 0.462 e. The maximum Gasteiger partial charge on any atom is 0.306 e. The number of unbranched alkanes of at least 4 members (excludes halogenated alkanes) is 6. The van der Waals surface area contributed by atoms with Gasteiger partial charge in [0.15, 0.2) is 6.10 Å². The molecule has 0 radical (unpaired) electrons. The van der Waals surface area contributed by atoms with Gasteiger partial charge in [-0.2, -0.15) is 0 Å². The van der Waals surface area contributed by atoms with E-state index in [-0.39, 0.29) is 25.2 Å². The fraction of sp³-hybridized carbons (Fsp3) is 0.739. The smallest absolute Gasteiger partial charge is 0.306 e. The normalized spacial score (nSPS) is 12.5. The van der Waals surface area contributed by atoms with Gasteiger partial charge in [-0.05, 0) is 38.5 Å². The summed E-state index contributed by atoms with van der Waals surface area (Å²) in [6, 6.07) is 0. The average molecular weight is 397 g/mol. The molecule has 0 aliphatic carbocycles. The van der Waals surface area contributed by atoms with Crippen molar-refractivity contribution in [2.75, 3.05) is 13.2 Å². The molecule has 0 amide bonds. The third-order valence-corrected chi connectivity index (χ3v) is 4.20. The van der Waals surface area contributed by atoms with Crippen molar-refractivity contribution < 1.29 is 24.2 Å². The Bertz CT molecular complexity index is 442. The van der Waals surface area contributed by atoms with Crippen LogP contribution in [0.1, 0.15) is 90.9 Å². The fourth-order valence-corrected chi connectivity index (χ4v) is 2.57. The lowest BCUT2D eigenvalue weighted by Gasteiger charge is -2.15. The average Bonchev–Trinajstić information content (AvgIpc) is 2.68. The molecule has 28 heavy (non-hydrogen) atoms. The summed E-state index contributed by atoms with van der Waals surface area (Å²) in [5.41, 5.74) is 0. The maximum atomic E-state index is 11.8. The molecular weight excluding hydrogens is 356 g/mol. The quantitative estimate of drug-likeness (QED) is 0.194. The van der Waals surface area contributed by atoms with Crippen molar-refractivity contribution in [1.29, 1.82) is 0 Å². The molecule has 0 aliphatic heterocycles. The van der Waals surface area contributed by atoms with Gasteiger partial charge in [0.25, 0.3) is 0 Å². The van der Waals surface area contributed by atoms with Crippen LogP contribution < -0.4 is 0 Å². The molecule has 0 saturated heterocycles. The number of aliphatic hydroxyl groups excluding tert-OH is 1. The van der Waals surface area contributed by atoms with E-state index < -0.39 is 6.10 Å². The molecule has 1 N–H and O–H groups in total. The minimum Gasteiger partial charge on any atom is -0.462 e. The second-order valence-corrected chi connectivity index (χ2v) is 7.00. The maximum absolute atomic E-state index is 11.8. The first-order chi connectivity index (χ1) is 13.6. The molecule has 0 bridgehead atoms. The lowest BCUT2D eigenvalue weighted by atomic mass is 10.1. The zero-order valence-electron chi connectivity index (χ0n) is 17.9. The van der Waals surface area contributed by atoms with Crippen LogP contribution in [0.25, 0.3) is 0 Å². The van der Waals surface area contributed by atoms with E-state index in [0.29, 0.717) is 19.3 Å². The van der Waals surface area contributed by atoms with Crippen molar-refractivity contribution in [3.05, 3.63) is 24.3 Å². The van der Waals surface area contributed by atoms with E-state index in [9.17, 15) is 14.7 Å². The highest BCUT2D eigenvalue weighted by molar-refractivity contribution is 5.70. The Hall–Kier alpha value is -1.62. The van der Waals surface area contributed by atoms with E-state index in [2.05, 4.69) is 31.2 Å². The number of ether oxygens (including phenoxy) is 2. The molecular formula is C23H40O5. The fourth-order valence-electron chi connectivity index (χ4n) is 2.57. The highest BCUT2D eigenvalue weighted by atomic mass is 16.6. The Morgan fingerprint density at radius 3 is 2.18 bits per heavy atom. The highest BCUT2D eigenvalue weighted by Gasteiger charge is 2.15. The highest BCUT2D eigenvalue weighted by Crippen LogP contribution is 2.09. The number of hydrogen-bond acceptors (Lipinski definition) is 5. The van der Waals surface area contributed by atoms with Gasteiger partial charge in [-0.1, -0.05) is 63.8 Å². The van der Waals surface area contributed by atoms with Crippen molar-refractivity contribution in [3.8, 4) is 0 Å². The van der Waals surface area contributed by atoms with Crippen LogP contribution in [0, 0.1) is 0 Å². The minimum absolute atomic E-state index is 0.0804. The Kier molecular flexibility index (Phi) is 19.0. The Morgan fingerprint density at radius 2 is 1.50 bits per heavy atom. The standard InChI is InChI=1S/C23H40O5/c1-3-5-6-7-8-9-10-11-12-13-14-15-16-18-23(26)28-21(19-24)20-27-22(25)17-4-2/h6-7,9-10,21,24H,3-5,8,11-20H2,1-2H3/b7-6-,10-9-. The lowest BCUT2D eigenvalue weighted by molar-refractivity contribution is -0.161. The van der Waals surface area contributed by atoms with Gasteiger partial charge in [-0.15, -0.1) is 0 Å².